The Morgan fingerprint density at radius 3 is 2.59 bits per heavy atom. The van der Waals surface area contributed by atoms with E-state index in [1.165, 1.54) is 19.6 Å². The van der Waals surface area contributed by atoms with Gasteiger partial charge in [0, 0.05) is 8.45 Å². The van der Waals surface area contributed by atoms with Crippen molar-refractivity contribution in [2.45, 2.75) is 18.7 Å². The molecule has 4 heteroatoms. The van der Waals surface area contributed by atoms with Gasteiger partial charge in [-0.25, -0.2) is 0 Å². The molecule has 0 nitrogen and oxygen atoms in total. The van der Waals surface area contributed by atoms with Gasteiger partial charge >= 0.3 is 0 Å². The van der Waals surface area contributed by atoms with Crippen LogP contribution in [0.25, 0.3) is 0 Å². The molecule has 0 N–H and O–H groups in total. The van der Waals surface area contributed by atoms with Crippen LogP contribution in [0, 0.1) is 17.4 Å². The van der Waals surface area contributed by atoms with Gasteiger partial charge in [0.1, 0.15) is 0 Å². The number of benzene rings is 1. The minimum Gasteiger partial charge on any atom is -0.127 e. The molecule has 0 saturated carbocycles. The molecule has 1 heterocycles. The Morgan fingerprint density at radius 1 is 1.29 bits per heavy atom. The van der Waals surface area contributed by atoms with E-state index in [1.54, 1.807) is 11.3 Å². The first-order valence-electron chi connectivity index (χ1n) is 5.15. The van der Waals surface area contributed by atoms with Crippen LogP contribution in [-0.4, -0.2) is 0 Å². The van der Waals surface area contributed by atoms with Crippen molar-refractivity contribution in [3.05, 3.63) is 53.7 Å². The van der Waals surface area contributed by atoms with E-state index in [0.717, 1.165) is 9.90 Å². The van der Waals surface area contributed by atoms with Gasteiger partial charge in [-0.15, -0.1) is 11.3 Å². The molecule has 0 aliphatic carbocycles. The molecular weight excluding hydrogens is 430 g/mol. The summed E-state index contributed by atoms with van der Waals surface area (Å²) in [6.45, 7) is 4.18. The molecule has 1 aromatic heterocycles. The summed E-state index contributed by atoms with van der Waals surface area (Å²) in [6.07, 6.45) is 0. The maximum absolute atomic E-state index is 6.13. The molecule has 0 radical (unpaired) electrons. The van der Waals surface area contributed by atoms with Gasteiger partial charge in [0.05, 0.1) is 9.16 Å². The lowest BCUT2D eigenvalue weighted by Gasteiger charge is -2.12. The van der Waals surface area contributed by atoms with Crippen LogP contribution < -0.4 is 0 Å². The fourth-order valence-corrected chi connectivity index (χ4v) is 4.74. The van der Waals surface area contributed by atoms with Gasteiger partial charge in [0.2, 0.25) is 0 Å². The highest BCUT2D eigenvalue weighted by Crippen LogP contribution is 2.40. The molecule has 0 saturated heterocycles. The van der Waals surface area contributed by atoms with Crippen molar-refractivity contribution in [1.29, 1.82) is 0 Å². The quantitative estimate of drug-likeness (QED) is 0.390. The lowest BCUT2D eigenvalue weighted by molar-refractivity contribution is 1.18. The van der Waals surface area contributed by atoms with E-state index in [2.05, 4.69) is 69.7 Å². The predicted molar refractivity (Wildman–Crippen MR) is 88.7 cm³/mol. The van der Waals surface area contributed by atoms with Crippen LogP contribution in [0.1, 0.15) is 26.4 Å². The van der Waals surface area contributed by atoms with Crippen molar-refractivity contribution >= 4 is 61.5 Å². The predicted octanol–water partition coefficient (Wildman–Crippen LogP) is 6.11. The highest BCUT2D eigenvalue weighted by Gasteiger charge is 2.17. The van der Waals surface area contributed by atoms with E-state index < -0.39 is 0 Å². The molecule has 1 unspecified atom stereocenters. The number of alkyl halides is 1. The van der Waals surface area contributed by atoms with Crippen molar-refractivity contribution in [2.75, 3.05) is 0 Å². The second kappa shape index (κ2) is 5.59. The molecule has 0 amide bonds. The number of rotatable bonds is 2. The Bertz CT molecular complexity index is 531. The van der Waals surface area contributed by atoms with E-state index in [9.17, 15) is 0 Å². The Balaban J connectivity index is 2.43. The maximum Gasteiger partial charge on any atom is 0.0960 e. The van der Waals surface area contributed by atoms with Crippen LogP contribution in [0.4, 0.5) is 0 Å². The third kappa shape index (κ3) is 2.88. The average Bonchev–Trinajstić information content (AvgIpc) is 2.62. The van der Waals surface area contributed by atoms with Crippen LogP contribution in [0.15, 0.2) is 24.3 Å². The first kappa shape index (κ1) is 13.8. The summed E-state index contributed by atoms with van der Waals surface area (Å²) in [4.78, 5) is 1.49. The zero-order valence-corrected chi connectivity index (χ0v) is 14.7. The SMILES string of the molecule is Cc1cc(C(Br)c2cccc(C)c2I)sc1Cl. The number of halogens is 3. The van der Waals surface area contributed by atoms with Crippen LogP contribution in [0.3, 0.4) is 0 Å². The molecule has 0 aliphatic heterocycles. The molecule has 2 rings (SSSR count). The molecular formula is C13H11BrClIS. The van der Waals surface area contributed by atoms with E-state index in [1.807, 2.05) is 6.92 Å². The zero-order valence-electron chi connectivity index (χ0n) is 9.43. The normalized spacial score (nSPS) is 12.8. The van der Waals surface area contributed by atoms with E-state index in [4.69, 9.17) is 11.6 Å². The van der Waals surface area contributed by atoms with Gasteiger partial charge in [-0.2, -0.15) is 0 Å². The Kier molecular flexibility index (Phi) is 4.55. The van der Waals surface area contributed by atoms with Crippen LogP contribution in [0.2, 0.25) is 4.34 Å². The highest BCUT2D eigenvalue weighted by atomic mass is 127. The third-order valence-electron chi connectivity index (χ3n) is 2.62. The molecule has 0 bridgehead atoms. The lowest BCUT2D eigenvalue weighted by atomic mass is 10.1. The summed E-state index contributed by atoms with van der Waals surface area (Å²) in [7, 11) is 0. The third-order valence-corrected chi connectivity index (χ3v) is 7.00. The van der Waals surface area contributed by atoms with Crippen molar-refractivity contribution in [3.8, 4) is 0 Å². The summed E-state index contributed by atoms with van der Waals surface area (Å²) in [5, 5.41) is 0. The molecule has 2 aromatic rings. The molecule has 0 fully saturated rings. The Hall–Kier alpha value is 0.420. The number of aryl methyl sites for hydroxylation is 2. The van der Waals surface area contributed by atoms with Gasteiger partial charge in [-0.05, 0) is 59.2 Å². The second-order valence-corrected chi connectivity index (χ2v) is 7.63. The summed E-state index contributed by atoms with van der Waals surface area (Å²) in [5.74, 6) is 0. The topological polar surface area (TPSA) is 0 Å². The van der Waals surface area contributed by atoms with Crippen molar-refractivity contribution in [2.24, 2.45) is 0 Å². The smallest absolute Gasteiger partial charge is 0.0960 e. The van der Waals surface area contributed by atoms with Gasteiger partial charge in [0.25, 0.3) is 0 Å². The molecule has 1 atom stereocenters. The minimum atomic E-state index is 0.227. The maximum atomic E-state index is 6.13. The fraction of sp³-hybridized carbons (Fsp3) is 0.231. The lowest BCUT2D eigenvalue weighted by Crippen LogP contribution is -1.95. The van der Waals surface area contributed by atoms with E-state index in [0.29, 0.717) is 0 Å². The molecule has 0 spiro atoms. The van der Waals surface area contributed by atoms with Crippen molar-refractivity contribution in [3.63, 3.8) is 0 Å². The van der Waals surface area contributed by atoms with Crippen LogP contribution in [-0.2, 0) is 0 Å². The van der Waals surface area contributed by atoms with Crippen LogP contribution >= 0.6 is 61.5 Å². The minimum absolute atomic E-state index is 0.227. The van der Waals surface area contributed by atoms with E-state index in [-0.39, 0.29) is 4.83 Å². The zero-order chi connectivity index (χ0) is 12.6. The number of hydrogen-bond acceptors (Lipinski definition) is 1. The van der Waals surface area contributed by atoms with Gasteiger partial charge in [-0.1, -0.05) is 45.7 Å². The van der Waals surface area contributed by atoms with Crippen molar-refractivity contribution in [1.82, 2.24) is 0 Å². The summed E-state index contributed by atoms with van der Waals surface area (Å²) in [6, 6.07) is 8.56. The summed E-state index contributed by atoms with van der Waals surface area (Å²) in [5.41, 5.74) is 3.77. The van der Waals surface area contributed by atoms with Gasteiger partial charge in [-0.3, -0.25) is 0 Å². The largest absolute Gasteiger partial charge is 0.127 e. The van der Waals surface area contributed by atoms with Gasteiger partial charge < -0.3 is 0 Å². The summed E-state index contributed by atoms with van der Waals surface area (Å²) < 4.78 is 2.20. The molecule has 17 heavy (non-hydrogen) atoms. The Morgan fingerprint density at radius 2 is 2.00 bits per heavy atom. The van der Waals surface area contributed by atoms with Crippen LogP contribution in [0.5, 0.6) is 0 Å². The average molecular weight is 442 g/mol. The first-order chi connectivity index (χ1) is 8.00. The van der Waals surface area contributed by atoms with Crippen molar-refractivity contribution < 1.29 is 0 Å². The number of hydrogen-bond donors (Lipinski definition) is 0. The van der Waals surface area contributed by atoms with Gasteiger partial charge in [0.15, 0.2) is 0 Å². The first-order valence-corrected chi connectivity index (χ1v) is 8.34. The summed E-state index contributed by atoms with van der Waals surface area (Å²) >= 11 is 14.0. The molecule has 0 aliphatic rings. The molecule has 1 aromatic carbocycles. The second-order valence-electron chi connectivity index (χ2n) is 3.95. The monoisotopic (exact) mass is 440 g/mol. The number of thiophene rings is 1. The standard InChI is InChI=1S/C13H11BrClIS/c1-7-4-3-5-9(12(7)16)11(14)10-6-8(2)13(15)17-10/h3-6,11H,1-2H3. The van der Waals surface area contributed by atoms with E-state index >= 15 is 0 Å². The Labute approximate surface area is 133 Å². The highest BCUT2D eigenvalue weighted by molar-refractivity contribution is 14.1. The molecule has 90 valence electrons. The fourth-order valence-electron chi connectivity index (χ4n) is 1.63.